The SMILES string of the molecule is O=C(c1cnc(NCCc2ccccc2)nc1)N1CCN(c2ccccc2)CC1. The Morgan fingerprint density at radius 1 is 0.862 bits per heavy atom. The molecule has 148 valence electrons. The zero-order valence-electron chi connectivity index (χ0n) is 16.4. The Labute approximate surface area is 171 Å². The van der Waals surface area contributed by atoms with Gasteiger partial charge in [0.1, 0.15) is 0 Å². The first-order valence-electron chi connectivity index (χ1n) is 9.99. The molecule has 0 spiro atoms. The van der Waals surface area contributed by atoms with Crippen LogP contribution in [0.5, 0.6) is 0 Å². The highest BCUT2D eigenvalue weighted by atomic mass is 16.2. The van der Waals surface area contributed by atoms with Crippen LogP contribution in [-0.4, -0.2) is 53.5 Å². The molecular formula is C23H25N5O. The van der Waals surface area contributed by atoms with Gasteiger partial charge in [-0.15, -0.1) is 0 Å². The van der Waals surface area contributed by atoms with Crippen molar-refractivity contribution in [1.82, 2.24) is 14.9 Å². The van der Waals surface area contributed by atoms with Crippen LogP contribution >= 0.6 is 0 Å². The van der Waals surface area contributed by atoms with Gasteiger partial charge in [0.15, 0.2) is 0 Å². The average molecular weight is 387 g/mol. The Morgan fingerprint density at radius 2 is 1.48 bits per heavy atom. The number of piperazine rings is 1. The molecule has 0 atom stereocenters. The van der Waals surface area contributed by atoms with Crippen LogP contribution in [-0.2, 0) is 6.42 Å². The van der Waals surface area contributed by atoms with Gasteiger partial charge in [-0.1, -0.05) is 48.5 Å². The van der Waals surface area contributed by atoms with E-state index in [2.05, 4.69) is 44.5 Å². The third kappa shape index (κ3) is 4.90. The minimum atomic E-state index is -0.00597. The van der Waals surface area contributed by atoms with Crippen molar-refractivity contribution in [2.24, 2.45) is 0 Å². The van der Waals surface area contributed by atoms with E-state index in [1.54, 1.807) is 12.4 Å². The maximum atomic E-state index is 12.8. The van der Waals surface area contributed by atoms with Gasteiger partial charge in [0.25, 0.3) is 5.91 Å². The largest absolute Gasteiger partial charge is 0.368 e. The van der Waals surface area contributed by atoms with Crippen LogP contribution in [0.1, 0.15) is 15.9 Å². The van der Waals surface area contributed by atoms with Crippen molar-refractivity contribution in [2.75, 3.05) is 42.9 Å². The molecule has 0 unspecified atom stereocenters. The summed E-state index contributed by atoms with van der Waals surface area (Å²) in [6, 6.07) is 20.6. The molecule has 1 saturated heterocycles. The summed E-state index contributed by atoms with van der Waals surface area (Å²) in [5.41, 5.74) is 3.00. The number of amides is 1. The number of nitrogens with one attached hydrogen (secondary N) is 1. The Bertz CT molecular complexity index is 907. The van der Waals surface area contributed by atoms with Gasteiger partial charge in [-0.2, -0.15) is 0 Å². The first kappa shape index (κ1) is 18.9. The second-order valence-corrected chi connectivity index (χ2v) is 7.07. The zero-order valence-corrected chi connectivity index (χ0v) is 16.4. The third-order valence-corrected chi connectivity index (χ3v) is 5.13. The number of carbonyl (C=O) groups excluding carboxylic acids is 1. The molecule has 6 nitrogen and oxygen atoms in total. The molecule has 0 aliphatic carbocycles. The number of carbonyl (C=O) groups is 1. The molecule has 0 bridgehead atoms. The normalized spacial score (nSPS) is 13.9. The van der Waals surface area contributed by atoms with Gasteiger partial charge < -0.3 is 15.1 Å². The monoisotopic (exact) mass is 387 g/mol. The molecule has 1 aliphatic rings. The quantitative estimate of drug-likeness (QED) is 0.704. The molecule has 2 heterocycles. The summed E-state index contributed by atoms with van der Waals surface area (Å²) in [6.07, 6.45) is 4.13. The van der Waals surface area contributed by atoms with Gasteiger partial charge in [0.05, 0.1) is 5.56 Å². The smallest absolute Gasteiger partial charge is 0.257 e. The zero-order chi connectivity index (χ0) is 19.9. The number of hydrogen-bond donors (Lipinski definition) is 1. The minimum absolute atomic E-state index is 0.00597. The Hall–Kier alpha value is -3.41. The lowest BCUT2D eigenvalue weighted by Crippen LogP contribution is -2.48. The third-order valence-electron chi connectivity index (χ3n) is 5.13. The molecular weight excluding hydrogens is 362 g/mol. The Morgan fingerprint density at radius 3 is 2.14 bits per heavy atom. The van der Waals surface area contributed by atoms with E-state index in [1.165, 1.54) is 11.3 Å². The van der Waals surface area contributed by atoms with Gasteiger partial charge in [-0.25, -0.2) is 9.97 Å². The number of rotatable bonds is 6. The first-order chi connectivity index (χ1) is 14.3. The van der Waals surface area contributed by atoms with E-state index >= 15 is 0 Å². The molecule has 6 heteroatoms. The van der Waals surface area contributed by atoms with Crippen LogP contribution in [0, 0.1) is 0 Å². The molecule has 1 fully saturated rings. The fraction of sp³-hybridized carbons (Fsp3) is 0.261. The predicted octanol–water partition coefficient (Wildman–Crippen LogP) is 3.09. The van der Waals surface area contributed by atoms with E-state index in [0.29, 0.717) is 24.6 Å². The molecule has 1 aromatic heterocycles. The molecule has 29 heavy (non-hydrogen) atoms. The number of para-hydroxylation sites is 1. The summed E-state index contributed by atoms with van der Waals surface area (Å²) in [5, 5.41) is 3.21. The van der Waals surface area contributed by atoms with Gasteiger partial charge in [-0.3, -0.25) is 4.79 Å². The highest BCUT2D eigenvalue weighted by Gasteiger charge is 2.22. The number of nitrogens with zero attached hydrogens (tertiary/aromatic N) is 4. The van der Waals surface area contributed by atoms with E-state index < -0.39 is 0 Å². The second kappa shape index (κ2) is 9.19. The molecule has 1 aliphatic heterocycles. The summed E-state index contributed by atoms with van der Waals surface area (Å²) >= 11 is 0. The topological polar surface area (TPSA) is 61.4 Å². The fourth-order valence-corrected chi connectivity index (χ4v) is 3.48. The first-order valence-corrected chi connectivity index (χ1v) is 9.99. The maximum Gasteiger partial charge on any atom is 0.257 e. The van der Waals surface area contributed by atoms with Gasteiger partial charge in [-0.05, 0) is 24.1 Å². The highest BCUT2D eigenvalue weighted by molar-refractivity contribution is 5.93. The molecule has 1 amide bonds. The van der Waals surface area contributed by atoms with Gasteiger partial charge >= 0.3 is 0 Å². The van der Waals surface area contributed by atoms with Crippen LogP contribution < -0.4 is 10.2 Å². The summed E-state index contributed by atoms with van der Waals surface area (Å²) < 4.78 is 0. The molecule has 2 aromatic carbocycles. The number of hydrogen-bond acceptors (Lipinski definition) is 5. The molecule has 0 saturated carbocycles. The highest BCUT2D eigenvalue weighted by Crippen LogP contribution is 2.16. The van der Waals surface area contributed by atoms with Crippen molar-refractivity contribution in [3.05, 3.63) is 84.2 Å². The summed E-state index contributed by atoms with van der Waals surface area (Å²) in [7, 11) is 0. The van der Waals surface area contributed by atoms with Crippen LogP contribution in [0.3, 0.4) is 0 Å². The van der Waals surface area contributed by atoms with Crippen LogP contribution in [0.4, 0.5) is 11.6 Å². The molecule has 1 N–H and O–H groups in total. The van der Waals surface area contributed by atoms with E-state index in [4.69, 9.17) is 0 Å². The van der Waals surface area contributed by atoms with Crippen molar-refractivity contribution in [2.45, 2.75) is 6.42 Å². The predicted molar refractivity (Wildman–Crippen MR) is 115 cm³/mol. The number of benzene rings is 2. The lowest BCUT2D eigenvalue weighted by atomic mass is 10.1. The van der Waals surface area contributed by atoms with E-state index in [-0.39, 0.29) is 5.91 Å². The summed E-state index contributed by atoms with van der Waals surface area (Å²) in [6.45, 7) is 3.81. The molecule has 3 aromatic rings. The Kier molecular flexibility index (Phi) is 6.00. The van der Waals surface area contributed by atoms with Crippen molar-refractivity contribution < 1.29 is 4.79 Å². The summed E-state index contributed by atoms with van der Waals surface area (Å²) in [5.74, 6) is 0.542. The maximum absolute atomic E-state index is 12.8. The standard InChI is InChI=1S/C23H25N5O/c29-22(28-15-13-27(14-16-28)21-9-5-2-6-10-21)20-17-25-23(26-18-20)24-12-11-19-7-3-1-4-8-19/h1-10,17-18H,11-16H2,(H,24,25,26). The van der Waals surface area contributed by atoms with E-state index in [1.807, 2.05) is 41.3 Å². The lowest BCUT2D eigenvalue weighted by Gasteiger charge is -2.36. The molecule has 0 radical (unpaired) electrons. The van der Waals surface area contributed by atoms with Crippen LogP contribution in [0.15, 0.2) is 73.1 Å². The van der Waals surface area contributed by atoms with Crippen molar-refractivity contribution in [3.8, 4) is 0 Å². The van der Waals surface area contributed by atoms with E-state index in [9.17, 15) is 4.79 Å². The van der Waals surface area contributed by atoms with Gasteiger partial charge in [0.2, 0.25) is 5.95 Å². The fourth-order valence-electron chi connectivity index (χ4n) is 3.48. The minimum Gasteiger partial charge on any atom is -0.368 e. The number of aromatic nitrogens is 2. The average Bonchev–Trinajstić information content (AvgIpc) is 2.80. The Balaban J connectivity index is 1.27. The van der Waals surface area contributed by atoms with Crippen molar-refractivity contribution in [3.63, 3.8) is 0 Å². The van der Waals surface area contributed by atoms with Crippen LogP contribution in [0.2, 0.25) is 0 Å². The lowest BCUT2D eigenvalue weighted by molar-refractivity contribution is 0.0746. The van der Waals surface area contributed by atoms with E-state index in [0.717, 1.165) is 26.1 Å². The molecule has 4 rings (SSSR count). The number of anilines is 2. The van der Waals surface area contributed by atoms with Crippen molar-refractivity contribution in [1.29, 1.82) is 0 Å². The second-order valence-electron chi connectivity index (χ2n) is 7.07. The summed E-state index contributed by atoms with van der Waals surface area (Å²) in [4.78, 5) is 25.6. The van der Waals surface area contributed by atoms with Crippen molar-refractivity contribution >= 4 is 17.5 Å². The van der Waals surface area contributed by atoms with Gasteiger partial charge in [0, 0.05) is 50.8 Å². The van der Waals surface area contributed by atoms with Crippen LogP contribution in [0.25, 0.3) is 0 Å².